The number of likely N-dealkylation sites (N-methyl/N-ethyl adjacent to an activating group) is 1. The van der Waals surface area contributed by atoms with Crippen molar-refractivity contribution in [1.29, 1.82) is 0 Å². The number of rotatable bonds is 3. The molecule has 1 unspecified atom stereocenters. The Morgan fingerprint density at radius 2 is 1.91 bits per heavy atom. The standard InChI is InChI=1S/C24H27N5OS2/c1-17-22(18-8-4-3-5-9-18)23(26-20-11-7-6-10-19(20)25-17)27-21(30)16-32-24(31)29-14-12-28(2)13-15-29/h3-11,22,25H,1,12-16H2,2H3,(H,26,27,30)/p+1. The SMILES string of the molecule is C=C1Nc2ccccc2N=C(NC(=O)CSC(=S)N2CC[NH+](C)CC2)C1c1ccccc1. The molecule has 4 rings (SSSR count). The van der Waals surface area contributed by atoms with Gasteiger partial charge in [-0.05, 0) is 17.7 Å². The molecule has 0 radical (unpaired) electrons. The molecule has 0 aromatic heterocycles. The summed E-state index contributed by atoms with van der Waals surface area (Å²) < 4.78 is 0.784. The lowest BCUT2D eigenvalue weighted by atomic mass is 9.94. The number of hydrogen-bond donors (Lipinski definition) is 3. The smallest absolute Gasteiger partial charge is 0.235 e. The van der Waals surface area contributed by atoms with Crippen LogP contribution in [-0.4, -0.2) is 59.9 Å². The Balaban J connectivity index is 1.49. The van der Waals surface area contributed by atoms with Crippen molar-refractivity contribution >= 4 is 51.4 Å². The van der Waals surface area contributed by atoms with Crippen LogP contribution in [0.5, 0.6) is 0 Å². The molecule has 1 amide bonds. The van der Waals surface area contributed by atoms with E-state index in [1.165, 1.54) is 16.7 Å². The molecule has 0 bridgehead atoms. The van der Waals surface area contributed by atoms with E-state index in [1.807, 2.05) is 54.6 Å². The average molecular weight is 467 g/mol. The minimum Gasteiger partial charge on any atom is -0.357 e. The van der Waals surface area contributed by atoms with E-state index in [1.54, 1.807) is 0 Å². The van der Waals surface area contributed by atoms with Gasteiger partial charge in [0.1, 0.15) is 10.2 Å². The molecule has 0 aliphatic carbocycles. The van der Waals surface area contributed by atoms with Crippen LogP contribution < -0.4 is 15.5 Å². The lowest BCUT2D eigenvalue weighted by Gasteiger charge is -2.31. The van der Waals surface area contributed by atoms with Crippen LogP contribution in [0.3, 0.4) is 0 Å². The Bertz CT molecular complexity index is 1030. The van der Waals surface area contributed by atoms with Gasteiger partial charge in [0.05, 0.1) is 56.3 Å². The molecule has 1 saturated heterocycles. The van der Waals surface area contributed by atoms with Gasteiger partial charge in [0, 0.05) is 5.70 Å². The maximum Gasteiger partial charge on any atom is 0.235 e. The number of piperazine rings is 1. The third-order valence-electron chi connectivity index (χ3n) is 5.66. The third kappa shape index (κ3) is 5.38. The number of quaternary nitrogens is 1. The van der Waals surface area contributed by atoms with Crippen molar-refractivity contribution in [2.24, 2.45) is 4.99 Å². The summed E-state index contributed by atoms with van der Waals surface area (Å²) in [6.45, 7) is 8.25. The van der Waals surface area contributed by atoms with Crippen LogP contribution >= 0.6 is 24.0 Å². The van der Waals surface area contributed by atoms with Crippen LogP contribution in [0.15, 0.2) is 71.9 Å². The van der Waals surface area contributed by atoms with Crippen LogP contribution in [-0.2, 0) is 4.79 Å². The maximum atomic E-state index is 12.9. The van der Waals surface area contributed by atoms with Crippen LogP contribution in [0.4, 0.5) is 11.4 Å². The molecule has 2 aliphatic heterocycles. The fraction of sp³-hybridized carbons (Fsp3) is 0.292. The number of fused-ring (bicyclic) bond motifs is 1. The zero-order chi connectivity index (χ0) is 22.5. The van der Waals surface area contributed by atoms with Crippen molar-refractivity contribution in [3.63, 3.8) is 0 Å². The second-order valence-electron chi connectivity index (χ2n) is 8.06. The first-order valence-corrected chi connectivity index (χ1v) is 12.1. The van der Waals surface area contributed by atoms with E-state index in [9.17, 15) is 4.79 Å². The normalized spacial score (nSPS) is 18.8. The van der Waals surface area contributed by atoms with E-state index in [0.717, 1.165) is 53.1 Å². The fourth-order valence-electron chi connectivity index (χ4n) is 3.85. The van der Waals surface area contributed by atoms with E-state index >= 15 is 0 Å². The van der Waals surface area contributed by atoms with Gasteiger partial charge >= 0.3 is 0 Å². The number of para-hydroxylation sites is 2. The number of amidine groups is 1. The monoisotopic (exact) mass is 466 g/mol. The van der Waals surface area contributed by atoms with E-state index in [2.05, 4.69) is 29.2 Å². The van der Waals surface area contributed by atoms with Gasteiger partial charge in [0.2, 0.25) is 5.91 Å². The zero-order valence-electron chi connectivity index (χ0n) is 18.1. The molecule has 1 fully saturated rings. The van der Waals surface area contributed by atoms with E-state index in [0.29, 0.717) is 5.84 Å². The Kier molecular flexibility index (Phi) is 7.24. The van der Waals surface area contributed by atoms with Gasteiger partial charge in [-0.25, -0.2) is 4.99 Å². The number of hydrogen-bond acceptors (Lipinski definition) is 5. The van der Waals surface area contributed by atoms with Crippen molar-refractivity contribution in [3.8, 4) is 0 Å². The molecule has 2 aromatic carbocycles. The van der Waals surface area contributed by atoms with Crippen molar-refractivity contribution in [3.05, 3.63) is 72.4 Å². The number of benzene rings is 2. The van der Waals surface area contributed by atoms with Gasteiger partial charge in [-0.1, -0.05) is 73.0 Å². The fourth-order valence-corrected chi connectivity index (χ4v) is 4.91. The first-order valence-electron chi connectivity index (χ1n) is 10.7. The molecular weight excluding hydrogens is 438 g/mol. The molecule has 1 atom stereocenters. The number of aliphatic imine (C=N–C) groups is 1. The zero-order valence-corrected chi connectivity index (χ0v) is 19.8. The molecule has 2 aliphatic rings. The van der Waals surface area contributed by atoms with E-state index in [-0.39, 0.29) is 17.6 Å². The highest BCUT2D eigenvalue weighted by atomic mass is 32.2. The minimum absolute atomic E-state index is 0.121. The van der Waals surface area contributed by atoms with Gasteiger partial charge in [0.25, 0.3) is 0 Å². The highest BCUT2D eigenvalue weighted by Gasteiger charge is 2.27. The summed E-state index contributed by atoms with van der Waals surface area (Å²) in [6, 6.07) is 17.7. The molecular formula is C24H28N5OS2+. The van der Waals surface area contributed by atoms with Gasteiger partial charge < -0.3 is 20.4 Å². The predicted molar refractivity (Wildman–Crippen MR) is 137 cm³/mol. The van der Waals surface area contributed by atoms with E-state index in [4.69, 9.17) is 17.2 Å². The molecule has 8 heteroatoms. The quantitative estimate of drug-likeness (QED) is 0.607. The summed E-state index contributed by atoms with van der Waals surface area (Å²) in [6.07, 6.45) is 0. The average Bonchev–Trinajstić information content (AvgIpc) is 2.93. The lowest BCUT2D eigenvalue weighted by molar-refractivity contribution is -0.883. The van der Waals surface area contributed by atoms with Crippen molar-refractivity contribution in [1.82, 2.24) is 10.2 Å². The van der Waals surface area contributed by atoms with Gasteiger partial charge in [0.15, 0.2) is 0 Å². The summed E-state index contributed by atoms with van der Waals surface area (Å²) in [5.41, 5.74) is 3.42. The summed E-state index contributed by atoms with van der Waals surface area (Å²) in [4.78, 5) is 21.4. The van der Waals surface area contributed by atoms with E-state index < -0.39 is 0 Å². The Labute approximate surface area is 198 Å². The third-order valence-corrected chi connectivity index (χ3v) is 7.19. The topological polar surface area (TPSA) is 61.2 Å². The predicted octanol–water partition coefficient (Wildman–Crippen LogP) is 2.40. The Morgan fingerprint density at radius 3 is 2.66 bits per heavy atom. The molecule has 2 heterocycles. The van der Waals surface area contributed by atoms with Gasteiger partial charge in [-0.3, -0.25) is 4.79 Å². The second kappa shape index (κ2) is 10.3. The molecule has 0 spiro atoms. The number of thiocarbonyl (C=S) groups is 1. The first-order chi connectivity index (χ1) is 15.5. The van der Waals surface area contributed by atoms with Crippen molar-refractivity contribution < 1.29 is 9.69 Å². The number of carbonyl (C=O) groups is 1. The Morgan fingerprint density at radius 1 is 1.22 bits per heavy atom. The molecule has 166 valence electrons. The van der Waals surface area contributed by atoms with Gasteiger partial charge in [-0.2, -0.15) is 0 Å². The van der Waals surface area contributed by atoms with Crippen LogP contribution in [0.1, 0.15) is 11.5 Å². The highest BCUT2D eigenvalue weighted by Crippen LogP contribution is 2.35. The van der Waals surface area contributed by atoms with Crippen molar-refractivity contribution in [2.45, 2.75) is 5.92 Å². The number of amides is 1. The number of thioether (sulfide) groups is 1. The maximum absolute atomic E-state index is 12.9. The van der Waals surface area contributed by atoms with Crippen molar-refractivity contribution in [2.75, 3.05) is 44.3 Å². The summed E-state index contributed by atoms with van der Waals surface area (Å²) in [5.74, 6) is 0.424. The minimum atomic E-state index is -0.273. The molecule has 3 N–H and O–H groups in total. The highest BCUT2D eigenvalue weighted by molar-refractivity contribution is 8.23. The summed E-state index contributed by atoms with van der Waals surface area (Å²) in [7, 11) is 2.19. The Hall–Kier alpha value is -2.68. The number of anilines is 1. The molecule has 2 aromatic rings. The van der Waals surface area contributed by atoms with Gasteiger partial charge in [-0.15, -0.1) is 0 Å². The van der Waals surface area contributed by atoms with Crippen LogP contribution in [0.25, 0.3) is 0 Å². The number of nitrogens with zero attached hydrogens (tertiary/aromatic N) is 2. The summed E-state index contributed by atoms with van der Waals surface area (Å²) in [5, 5.41) is 6.43. The summed E-state index contributed by atoms with van der Waals surface area (Å²) >= 11 is 6.99. The molecule has 0 saturated carbocycles. The number of carbonyl (C=O) groups excluding carboxylic acids is 1. The second-order valence-corrected chi connectivity index (χ2v) is 9.66. The number of nitrogens with one attached hydrogen (secondary N) is 3. The lowest BCUT2D eigenvalue weighted by Crippen LogP contribution is -3.12. The largest absolute Gasteiger partial charge is 0.357 e. The molecule has 6 nitrogen and oxygen atoms in total. The van der Waals surface area contributed by atoms with Crippen LogP contribution in [0, 0.1) is 0 Å². The first kappa shape index (κ1) is 22.5. The molecule has 32 heavy (non-hydrogen) atoms. The van der Waals surface area contributed by atoms with Crippen LogP contribution in [0.2, 0.25) is 0 Å².